The van der Waals surface area contributed by atoms with Gasteiger partial charge in [0.25, 0.3) is 0 Å². The van der Waals surface area contributed by atoms with Gasteiger partial charge in [-0.15, -0.1) is 0 Å². The first-order valence-electron chi connectivity index (χ1n) is 8.19. The van der Waals surface area contributed by atoms with Gasteiger partial charge < -0.3 is 9.64 Å². The minimum Gasteiger partial charge on any atom is -0.490 e. The number of hydrogen-bond acceptors (Lipinski definition) is 6. The lowest BCUT2D eigenvalue weighted by atomic mass is 10.1. The fourth-order valence-electron chi connectivity index (χ4n) is 3.00. The number of benzene rings is 2. The second kappa shape index (κ2) is 7.21. The Hall–Kier alpha value is -1.58. The molecule has 0 fully saturated rings. The van der Waals surface area contributed by atoms with Crippen LogP contribution in [0.15, 0.2) is 58.3 Å². The first kappa shape index (κ1) is 19.2. The minimum absolute atomic E-state index is 0.173. The summed E-state index contributed by atoms with van der Waals surface area (Å²) in [6.45, 7) is 1.03. The maximum atomic E-state index is 13.0. The van der Waals surface area contributed by atoms with Crippen molar-refractivity contribution in [3.05, 3.63) is 54.1 Å². The number of sulfone groups is 1. The average molecular weight is 398 g/mol. The summed E-state index contributed by atoms with van der Waals surface area (Å²) >= 11 is 0. The van der Waals surface area contributed by atoms with Gasteiger partial charge in [-0.2, -0.15) is 10.6 Å². The summed E-state index contributed by atoms with van der Waals surface area (Å²) in [4.78, 5) is 2.35. The van der Waals surface area contributed by atoms with Gasteiger partial charge in [-0.05, 0) is 37.9 Å². The Bertz CT molecular complexity index is 882. The molecule has 142 valence electrons. The number of nitrogens with zero attached hydrogens (tertiary/aromatic N) is 1. The van der Waals surface area contributed by atoms with Crippen molar-refractivity contribution in [2.45, 2.75) is 15.0 Å². The van der Waals surface area contributed by atoms with Gasteiger partial charge in [0.15, 0.2) is 9.84 Å². The first-order valence-corrected chi connectivity index (χ1v) is 11.4. The van der Waals surface area contributed by atoms with E-state index in [2.05, 4.69) is 0 Å². The van der Waals surface area contributed by atoms with Crippen LogP contribution in [0.2, 0.25) is 0 Å². The van der Waals surface area contributed by atoms with Crippen LogP contribution in [0.3, 0.4) is 0 Å². The van der Waals surface area contributed by atoms with E-state index in [1.54, 1.807) is 36.4 Å². The van der Waals surface area contributed by atoms with E-state index in [0.717, 1.165) is 0 Å². The van der Waals surface area contributed by atoms with Crippen molar-refractivity contribution in [1.82, 2.24) is 4.90 Å². The van der Waals surface area contributed by atoms with Gasteiger partial charge in [0.05, 0.1) is 10.6 Å². The molecule has 0 spiro atoms. The van der Waals surface area contributed by atoms with Crippen LogP contribution in [-0.2, 0) is 9.84 Å². The number of rotatable bonds is 6. The Morgan fingerprint density at radius 2 is 1.81 bits per heavy atom. The molecule has 3 rings (SSSR count). The zero-order valence-electron chi connectivity index (χ0n) is 14.7. The molecule has 2 aromatic carbocycles. The molecule has 1 aliphatic heterocycles. The lowest BCUT2D eigenvalue weighted by Crippen LogP contribution is -2.19. The zero-order valence-corrected chi connectivity index (χ0v) is 16.3. The highest BCUT2D eigenvalue weighted by Gasteiger charge is 2.44. The maximum absolute atomic E-state index is 13.0. The van der Waals surface area contributed by atoms with Crippen LogP contribution >= 0.6 is 10.6 Å². The first-order chi connectivity index (χ1) is 12.2. The van der Waals surface area contributed by atoms with Gasteiger partial charge in [0, 0.05) is 6.54 Å². The molecule has 0 aromatic heterocycles. The molecule has 0 bridgehead atoms. The summed E-state index contributed by atoms with van der Waals surface area (Å²) < 4.78 is 53.0. The topological polar surface area (TPSA) is 87.1 Å². The fraction of sp³-hybridized carbons (Fsp3) is 0.333. The SMILES string of the molecule is CN(C)CCOc1cccc2c1S(O)(O)CC2S(=O)(=O)c1ccccc1. The van der Waals surface area contributed by atoms with Crippen LogP contribution < -0.4 is 4.74 Å². The van der Waals surface area contributed by atoms with E-state index in [0.29, 0.717) is 24.5 Å². The van der Waals surface area contributed by atoms with Crippen molar-refractivity contribution >= 4 is 20.4 Å². The molecular weight excluding hydrogens is 374 g/mol. The van der Waals surface area contributed by atoms with Crippen molar-refractivity contribution in [3.63, 3.8) is 0 Å². The lowest BCUT2D eigenvalue weighted by Gasteiger charge is -2.29. The number of hydrogen-bond donors (Lipinski definition) is 2. The third-order valence-electron chi connectivity index (χ3n) is 4.31. The molecule has 0 radical (unpaired) electrons. The quantitative estimate of drug-likeness (QED) is 0.778. The van der Waals surface area contributed by atoms with Crippen LogP contribution in [0.1, 0.15) is 10.8 Å². The summed E-state index contributed by atoms with van der Waals surface area (Å²) in [5.41, 5.74) is 0.413. The van der Waals surface area contributed by atoms with Gasteiger partial charge in [-0.3, -0.25) is 9.11 Å². The zero-order chi connectivity index (χ0) is 18.9. The Morgan fingerprint density at radius 1 is 1.12 bits per heavy atom. The van der Waals surface area contributed by atoms with Crippen LogP contribution in [0.4, 0.5) is 0 Å². The monoisotopic (exact) mass is 397 g/mol. The molecule has 0 aliphatic carbocycles. The van der Waals surface area contributed by atoms with Gasteiger partial charge in [-0.1, -0.05) is 30.3 Å². The predicted octanol–water partition coefficient (Wildman–Crippen LogP) is 3.27. The number of fused-ring (bicyclic) bond motifs is 1. The highest BCUT2D eigenvalue weighted by molar-refractivity contribution is 8.25. The van der Waals surface area contributed by atoms with Crippen molar-refractivity contribution in [2.24, 2.45) is 0 Å². The van der Waals surface area contributed by atoms with Crippen LogP contribution in [0.25, 0.3) is 0 Å². The number of likely N-dealkylation sites (N-methyl/N-ethyl adjacent to an activating group) is 1. The second-order valence-electron chi connectivity index (χ2n) is 6.51. The molecule has 26 heavy (non-hydrogen) atoms. The average Bonchev–Trinajstić information content (AvgIpc) is 2.88. The highest BCUT2D eigenvalue weighted by atomic mass is 32.3. The minimum atomic E-state index is -3.74. The Kier molecular flexibility index (Phi) is 5.32. The van der Waals surface area contributed by atoms with Crippen molar-refractivity contribution in [1.29, 1.82) is 0 Å². The molecule has 0 saturated heterocycles. The Labute approximate surface area is 155 Å². The highest BCUT2D eigenvalue weighted by Crippen LogP contribution is 2.64. The van der Waals surface area contributed by atoms with Gasteiger partial charge >= 0.3 is 0 Å². The maximum Gasteiger partial charge on any atom is 0.187 e. The Balaban J connectivity index is 2.00. The van der Waals surface area contributed by atoms with E-state index in [9.17, 15) is 17.5 Å². The molecular formula is C18H23NO5S2. The van der Waals surface area contributed by atoms with E-state index in [4.69, 9.17) is 4.74 Å². The molecule has 0 saturated carbocycles. The summed E-state index contributed by atoms with van der Waals surface area (Å²) in [5, 5.41) is -0.998. The Morgan fingerprint density at radius 3 is 2.46 bits per heavy atom. The normalized spacial score (nSPS) is 20.0. The molecule has 6 nitrogen and oxygen atoms in total. The van der Waals surface area contributed by atoms with Gasteiger partial charge in [0.1, 0.15) is 22.5 Å². The lowest BCUT2D eigenvalue weighted by molar-refractivity contribution is 0.256. The van der Waals surface area contributed by atoms with Crippen molar-refractivity contribution in [3.8, 4) is 5.75 Å². The van der Waals surface area contributed by atoms with E-state index in [-0.39, 0.29) is 15.5 Å². The predicted molar refractivity (Wildman–Crippen MR) is 103 cm³/mol. The summed E-state index contributed by atoms with van der Waals surface area (Å²) in [6.07, 6.45) is 0. The van der Waals surface area contributed by atoms with Gasteiger partial charge in [-0.25, -0.2) is 8.42 Å². The third kappa shape index (κ3) is 3.60. The summed E-state index contributed by atoms with van der Waals surface area (Å²) in [7, 11) is -3.16. The van der Waals surface area contributed by atoms with E-state index in [1.165, 1.54) is 12.1 Å². The van der Waals surface area contributed by atoms with Crippen LogP contribution in [0.5, 0.6) is 5.75 Å². The smallest absolute Gasteiger partial charge is 0.187 e. The van der Waals surface area contributed by atoms with E-state index >= 15 is 0 Å². The molecule has 8 heteroatoms. The molecule has 1 atom stereocenters. The molecule has 0 amide bonds. The summed E-state index contributed by atoms with van der Waals surface area (Å²) in [6, 6.07) is 13.1. The van der Waals surface area contributed by atoms with E-state index in [1.807, 2.05) is 19.0 Å². The number of ether oxygens (including phenoxy) is 1. The second-order valence-corrected chi connectivity index (χ2v) is 10.7. The third-order valence-corrected chi connectivity index (χ3v) is 8.51. The molecule has 1 heterocycles. The van der Waals surface area contributed by atoms with Crippen LogP contribution in [-0.4, -0.2) is 55.4 Å². The van der Waals surface area contributed by atoms with Crippen molar-refractivity contribution < 1.29 is 22.3 Å². The molecule has 2 N–H and O–H groups in total. The standard InChI is InChI=1S/C18H23NO5S2/c1-19(2)11-12-24-16-10-6-9-15-17(13-25(20,21)18(15)16)26(22,23)14-7-4-3-5-8-14/h3-10,17,20-21H,11-13H2,1-2H3. The molecule has 1 unspecified atom stereocenters. The largest absolute Gasteiger partial charge is 0.490 e. The fourth-order valence-corrected chi connectivity index (χ4v) is 7.56. The summed E-state index contributed by atoms with van der Waals surface area (Å²) in [5.74, 6) is 0.100. The van der Waals surface area contributed by atoms with E-state index < -0.39 is 25.7 Å². The molecule has 2 aromatic rings. The molecule has 1 aliphatic rings. The van der Waals surface area contributed by atoms with Gasteiger partial charge in [0.2, 0.25) is 0 Å². The van der Waals surface area contributed by atoms with Crippen LogP contribution in [0, 0.1) is 0 Å². The van der Waals surface area contributed by atoms with Crippen molar-refractivity contribution in [2.75, 3.05) is 33.0 Å².